The van der Waals surface area contributed by atoms with Crippen molar-refractivity contribution in [1.29, 1.82) is 0 Å². The summed E-state index contributed by atoms with van der Waals surface area (Å²) in [6.45, 7) is 5.12. The predicted octanol–water partition coefficient (Wildman–Crippen LogP) is 1.84. The van der Waals surface area contributed by atoms with Crippen LogP contribution in [0.3, 0.4) is 0 Å². The minimum absolute atomic E-state index is 0.113. The Morgan fingerprint density at radius 2 is 2.29 bits per heavy atom. The summed E-state index contributed by atoms with van der Waals surface area (Å²) in [7, 11) is 0. The van der Waals surface area contributed by atoms with Gasteiger partial charge in [0.05, 0.1) is 5.69 Å². The van der Waals surface area contributed by atoms with Gasteiger partial charge in [-0.15, -0.1) is 0 Å². The van der Waals surface area contributed by atoms with Crippen LogP contribution in [0.25, 0.3) is 5.69 Å². The molecule has 0 aliphatic carbocycles. The monoisotopic (exact) mass is 231 g/mol. The summed E-state index contributed by atoms with van der Waals surface area (Å²) < 4.78 is 1.60. The number of nitrogens with zero attached hydrogens (tertiary/aromatic N) is 1. The number of aromatic nitrogens is 2. The molecule has 0 fully saturated rings. The number of H-pyrrole nitrogens is 1. The van der Waals surface area contributed by atoms with E-state index in [1.54, 1.807) is 17.0 Å². The molecule has 0 spiro atoms. The largest absolute Gasteiger partial charge is 0.330 e. The second-order valence-electron chi connectivity index (χ2n) is 4.01. The minimum atomic E-state index is -0.113. The number of hydrogen-bond acceptors (Lipinski definition) is 2. The quantitative estimate of drug-likeness (QED) is 0.843. The number of nitrogens with one attached hydrogen (secondary N) is 2. The van der Waals surface area contributed by atoms with Crippen LogP contribution in [0.5, 0.6) is 0 Å². The topological polar surface area (TPSA) is 49.8 Å². The molecule has 4 heteroatoms. The van der Waals surface area contributed by atoms with E-state index in [0.717, 1.165) is 12.2 Å². The van der Waals surface area contributed by atoms with Crippen molar-refractivity contribution in [3.63, 3.8) is 0 Å². The van der Waals surface area contributed by atoms with Crippen LogP contribution in [0.1, 0.15) is 25.5 Å². The smallest absolute Gasteiger partial charge is 0.312 e. The van der Waals surface area contributed by atoms with E-state index in [2.05, 4.69) is 30.2 Å². The lowest BCUT2D eigenvalue weighted by Crippen LogP contribution is -2.18. The van der Waals surface area contributed by atoms with E-state index < -0.39 is 0 Å². The van der Waals surface area contributed by atoms with Crippen molar-refractivity contribution in [3.05, 3.63) is 52.7 Å². The molecule has 2 N–H and O–H groups in total. The van der Waals surface area contributed by atoms with E-state index in [1.165, 1.54) is 5.56 Å². The number of rotatable bonds is 4. The fraction of sp³-hybridized carbons (Fsp3) is 0.308. The van der Waals surface area contributed by atoms with Crippen molar-refractivity contribution < 1.29 is 0 Å². The SMILES string of the molecule is CCNC(C)c1cccc(-n2cc[nH]c2=O)c1. The third-order valence-electron chi connectivity index (χ3n) is 2.81. The first kappa shape index (κ1) is 11.7. The maximum atomic E-state index is 11.5. The lowest BCUT2D eigenvalue weighted by Gasteiger charge is -2.13. The Morgan fingerprint density at radius 3 is 2.94 bits per heavy atom. The summed E-state index contributed by atoms with van der Waals surface area (Å²) in [5, 5.41) is 3.35. The van der Waals surface area contributed by atoms with E-state index >= 15 is 0 Å². The zero-order valence-corrected chi connectivity index (χ0v) is 10.1. The predicted molar refractivity (Wildman–Crippen MR) is 68.5 cm³/mol. The Morgan fingerprint density at radius 1 is 1.47 bits per heavy atom. The molecule has 1 atom stereocenters. The first-order valence-corrected chi connectivity index (χ1v) is 5.82. The molecule has 1 unspecified atom stereocenters. The van der Waals surface area contributed by atoms with E-state index in [1.807, 2.05) is 18.2 Å². The third kappa shape index (κ3) is 2.47. The van der Waals surface area contributed by atoms with Crippen LogP contribution in [-0.4, -0.2) is 16.1 Å². The molecule has 1 aromatic carbocycles. The van der Waals surface area contributed by atoms with Crippen LogP contribution < -0.4 is 11.0 Å². The van der Waals surface area contributed by atoms with Crippen molar-refractivity contribution in [2.45, 2.75) is 19.9 Å². The fourth-order valence-electron chi connectivity index (χ4n) is 1.89. The van der Waals surface area contributed by atoms with Crippen LogP contribution in [-0.2, 0) is 0 Å². The Labute approximate surface area is 100 Å². The molecule has 1 heterocycles. The van der Waals surface area contributed by atoms with Gasteiger partial charge in [-0.05, 0) is 31.2 Å². The van der Waals surface area contributed by atoms with Crippen LogP contribution in [0.15, 0.2) is 41.5 Å². The van der Waals surface area contributed by atoms with E-state index in [-0.39, 0.29) is 11.7 Å². The van der Waals surface area contributed by atoms with Crippen LogP contribution in [0, 0.1) is 0 Å². The molecule has 0 saturated heterocycles. The number of aromatic amines is 1. The Kier molecular flexibility index (Phi) is 3.44. The highest BCUT2D eigenvalue weighted by molar-refractivity contribution is 5.36. The maximum absolute atomic E-state index is 11.5. The molecule has 0 aliphatic heterocycles. The van der Waals surface area contributed by atoms with Crippen molar-refractivity contribution >= 4 is 0 Å². The lowest BCUT2D eigenvalue weighted by atomic mass is 10.1. The summed E-state index contributed by atoms with van der Waals surface area (Å²) in [6, 6.07) is 8.28. The van der Waals surface area contributed by atoms with Gasteiger partial charge in [0.1, 0.15) is 0 Å². The van der Waals surface area contributed by atoms with Crippen molar-refractivity contribution in [1.82, 2.24) is 14.9 Å². The Bertz CT molecular complexity index is 541. The van der Waals surface area contributed by atoms with Crippen LogP contribution in [0.2, 0.25) is 0 Å². The molecule has 0 radical (unpaired) electrons. The molecule has 2 aromatic rings. The molecular weight excluding hydrogens is 214 g/mol. The summed E-state index contributed by atoms with van der Waals surface area (Å²) >= 11 is 0. The summed E-state index contributed by atoms with van der Waals surface area (Å²) in [5.74, 6) is 0. The van der Waals surface area contributed by atoms with Crippen molar-refractivity contribution in [2.75, 3.05) is 6.54 Å². The second kappa shape index (κ2) is 5.01. The molecule has 2 rings (SSSR count). The summed E-state index contributed by atoms with van der Waals surface area (Å²) in [4.78, 5) is 14.2. The molecule has 1 aromatic heterocycles. The van der Waals surface area contributed by atoms with Gasteiger partial charge < -0.3 is 10.3 Å². The lowest BCUT2D eigenvalue weighted by molar-refractivity contribution is 0.598. The normalized spacial score (nSPS) is 12.6. The molecule has 0 saturated carbocycles. The average molecular weight is 231 g/mol. The van der Waals surface area contributed by atoms with Gasteiger partial charge >= 0.3 is 5.69 Å². The zero-order valence-electron chi connectivity index (χ0n) is 10.1. The number of benzene rings is 1. The van der Waals surface area contributed by atoms with E-state index in [9.17, 15) is 4.79 Å². The highest BCUT2D eigenvalue weighted by atomic mass is 16.1. The Hall–Kier alpha value is -1.81. The van der Waals surface area contributed by atoms with Gasteiger partial charge in [0, 0.05) is 18.4 Å². The summed E-state index contributed by atoms with van der Waals surface area (Å²) in [6.07, 6.45) is 3.38. The van der Waals surface area contributed by atoms with Crippen LogP contribution in [0.4, 0.5) is 0 Å². The third-order valence-corrected chi connectivity index (χ3v) is 2.81. The van der Waals surface area contributed by atoms with Crippen LogP contribution >= 0.6 is 0 Å². The number of hydrogen-bond donors (Lipinski definition) is 2. The minimum Gasteiger partial charge on any atom is -0.312 e. The standard InChI is InChI=1S/C13H17N3O/c1-3-14-10(2)11-5-4-6-12(9-11)16-8-7-15-13(16)17/h4-10,14H,3H2,1-2H3,(H,15,17). The fourth-order valence-corrected chi connectivity index (χ4v) is 1.89. The first-order chi connectivity index (χ1) is 8.22. The average Bonchev–Trinajstić information content (AvgIpc) is 2.76. The zero-order chi connectivity index (χ0) is 12.3. The van der Waals surface area contributed by atoms with Gasteiger partial charge in [-0.1, -0.05) is 19.1 Å². The van der Waals surface area contributed by atoms with Crippen molar-refractivity contribution in [3.8, 4) is 5.69 Å². The molecule has 0 amide bonds. The molecule has 4 nitrogen and oxygen atoms in total. The molecule has 0 bridgehead atoms. The maximum Gasteiger partial charge on any atom is 0.330 e. The molecule has 0 aliphatic rings. The molecular formula is C13H17N3O. The van der Waals surface area contributed by atoms with Crippen molar-refractivity contribution in [2.24, 2.45) is 0 Å². The first-order valence-electron chi connectivity index (χ1n) is 5.82. The summed E-state index contributed by atoms with van der Waals surface area (Å²) in [5.41, 5.74) is 1.95. The highest BCUT2D eigenvalue weighted by Crippen LogP contribution is 2.15. The van der Waals surface area contributed by atoms with Gasteiger partial charge in [0.25, 0.3) is 0 Å². The van der Waals surface area contributed by atoms with Gasteiger partial charge in [-0.3, -0.25) is 4.57 Å². The van der Waals surface area contributed by atoms with Gasteiger partial charge in [0.2, 0.25) is 0 Å². The van der Waals surface area contributed by atoms with Gasteiger partial charge in [0.15, 0.2) is 0 Å². The van der Waals surface area contributed by atoms with Gasteiger partial charge in [-0.2, -0.15) is 0 Å². The second-order valence-corrected chi connectivity index (χ2v) is 4.01. The van der Waals surface area contributed by atoms with Gasteiger partial charge in [-0.25, -0.2) is 4.79 Å². The molecule has 17 heavy (non-hydrogen) atoms. The van der Waals surface area contributed by atoms with E-state index in [0.29, 0.717) is 0 Å². The highest BCUT2D eigenvalue weighted by Gasteiger charge is 2.06. The number of imidazole rings is 1. The van der Waals surface area contributed by atoms with E-state index in [4.69, 9.17) is 0 Å². The Balaban J connectivity index is 2.35. The molecule has 90 valence electrons.